The van der Waals surface area contributed by atoms with Crippen LogP contribution in [0.15, 0.2) is 53.4 Å². The van der Waals surface area contributed by atoms with E-state index in [2.05, 4.69) is 10.0 Å². The van der Waals surface area contributed by atoms with Crippen LogP contribution >= 0.6 is 0 Å². The second kappa shape index (κ2) is 7.86. The first kappa shape index (κ1) is 18.6. The number of anilines is 1. The molecular formula is C16H17N3O5S. The molecule has 0 saturated carbocycles. The predicted octanol–water partition coefficient (Wildman–Crippen LogP) is 2.19. The van der Waals surface area contributed by atoms with Crippen molar-refractivity contribution < 1.29 is 18.1 Å². The SMILES string of the molecule is CC(=O)c1ccc(S(=O)(=O)NCCNc2ccccc2[N+](=O)[O-])cc1. The van der Waals surface area contributed by atoms with E-state index in [9.17, 15) is 23.3 Å². The largest absolute Gasteiger partial charge is 0.378 e. The fourth-order valence-electron chi connectivity index (χ4n) is 2.12. The first-order valence-electron chi connectivity index (χ1n) is 7.39. The van der Waals surface area contributed by atoms with Crippen molar-refractivity contribution in [2.75, 3.05) is 18.4 Å². The maximum atomic E-state index is 12.2. The lowest BCUT2D eigenvalue weighted by Crippen LogP contribution is -2.29. The van der Waals surface area contributed by atoms with Crippen molar-refractivity contribution in [3.63, 3.8) is 0 Å². The Balaban J connectivity index is 1.95. The van der Waals surface area contributed by atoms with E-state index in [1.54, 1.807) is 18.2 Å². The number of nitro groups is 1. The zero-order valence-corrected chi connectivity index (χ0v) is 14.2. The first-order chi connectivity index (χ1) is 11.8. The Morgan fingerprint density at radius 2 is 1.72 bits per heavy atom. The number of rotatable bonds is 8. The molecule has 2 rings (SSSR count). The van der Waals surface area contributed by atoms with E-state index in [0.29, 0.717) is 11.3 Å². The Labute approximate surface area is 145 Å². The fourth-order valence-corrected chi connectivity index (χ4v) is 3.15. The van der Waals surface area contributed by atoms with Crippen LogP contribution in [0, 0.1) is 10.1 Å². The number of nitrogens with one attached hydrogen (secondary N) is 2. The van der Waals surface area contributed by atoms with Gasteiger partial charge in [0, 0.05) is 24.7 Å². The highest BCUT2D eigenvalue weighted by Gasteiger charge is 2.15. The maximum absolute atomic E-state index is 12.2. The molecule has 0 aliphatic heterocycles. The molecule has 0 radical (unpaired) electrons. The predicted molar refractivity (Wildman–Crippen MR) is 93.2 cm³/mol. The third kappa shape index (κ3) is 4.85. The van der Waals surface area contributed by atoms with Gasteiger partial charge in [-0.05, 0) is 25.1 Å². The average Bonchev–Trinajstić information content (AvgIpc) is 2.59. The molecule has 132 valence electrons. The highest BCUT2D eigenvalue weighted by Crippen LogP contribution is 2.22. The van der Waals surface area contributed by atoms with E-state index >= 15 is 0 Å². The van der Waals surface area contributed by atoms with Crippen LogP contribution in [0.3, 0.4) is 0 Å². The van der Waals surface area contributed by atoms with Gasteiger partial charge in [0.05, 0.1) is 9.82 Å². The summed E-state index contributed by atoms with van der Waals surface area (Å²) in [5.41, 5.74) is 0.666. The summed E-state index contributed by atoms with van der Waals surface area (Å²) >= 11 is 0. The Hall–Kier alpha value is -2.78. The van der Waals surface area contributed by atoms with Crippen LogP contribution in [-0.4, -0.2) is 32.2 Å². The van der Waals surface area contributed by atoms with Gasteiger partial charge in [-0.3, -0.25) is 14.9 Å². The van der Waals surface area contributed by atoms with Crippen LogP contribution in [0.4, 0.5) is 11.4 Å². The molecule has 8 nitrogen and oxygen atoms in total. The van der Waals surface area contributed by atoms with E-state index in [-0.39, 0.29) is 29.5 Å². The van der Waals surface area contributed by atoms with Crippen molar-refractivity contribution in [2.45, 2.75) is 11.8 Å². The Morgan fingerprint density at radius 3 is 2.32 bits per heavy atom. The summed E-state index contributed by atoms with van der Waals surface area (Å²) in [5, 5.41) is 13.7. The third-order valence-electron chi connectivity index (χ3n) is 3.40. The molecule has 25 heavy (non-hydrogen) atoms. The lowest BCUT2D eigenvalue weighted by Gasteiger charge is -2.09. The normalized spacial score (nSPS) is 11.1. The quantitative estimate of drug-likeness (QED) is 0.321. The number of carbonyl (C=O) groups is 1. The van der Waals surface area contributed by atoms with E-state index in [1.165, 1.54) is 37.3 Å². The van der Waals surface area contributed by atoms with Crippen LogP contribution in [0.1, 0.15) is 17.3 Å². The molecule has 0 spiro atoms. The lowest BCUT2D eigenvalue weighted by atomic mass is 10.2. The van der Waals surface area contributed by atoms with Gasteiger partial charge in [-0.15, -0.1) is 0 Å². The maximum Gasteiger partial charge on any atom is 0.292 e. The zero-order chi connectivity index (χ0) is 18.4. The Morgan fingerprint density at radius 1 is 1.08 bits per heavy atom. The summed E-state index contributed by atoms with van der Waals surface area (Å²) in [6.45, 7) is 1.62. The van der Waals surface area contributed by atoms with E-state index in [4.69, 9.17) is 0 Å². The van der Waals surface area contributed by atoms with Crippen molar-refractivity contribution in [3.05, 3.63) is 64.2 Å². The number of hydrogen-bond donors (Lipinski definition) is 2. The summed E-state index contributed by atoms with van der Waals surface area (Å²) < 4.78 is 26.7. The third-order valence-corrected chi connectivity index (χ3v) is 4.88. The molecule has 0 unspecified atom stereocenters. The number of Topliss-reactive ketones (excluding diaryl/α,β-unsaturated/α-hetero) is 1. The van der Waals surface area contributed by atoms with Gasteiger partial charge in [-0.25, -0.2) is 13.1 Å². The summed E-state index contributed by atoms with van der Waals surface area (Å²) in [7, 11) is -3.72. The molecule has 9 heteroatoms. The standard InChI is InChI=1S/C16H17N3O5S/c1-12(20)13-6-8-14(9-7-13)25(23,24)18-11-10-17-15-4-2-3-5-16(15)19(21)22/h2-9,17-18H,10-11H2,1H3. The number of nitro benzene ring substituents is 1. The fraction of sp³-hybridized carbons (Fsp3) is 0.188. The van der Waals surface area contributed by atoms with Crippen LogP contribution in [-0.2, 0) is 10.0 Å². The molecule has 0 aliphatic rings. The topological polar surface area (TPSA) is 118 Å². The summed E-state index contributed by atoms with van der Waals surface area (Å²) in [6.07, 6.45) is 0. The van der Waals surface area contributed by atoms with Gasteiger partial charge in [-0.1, -0.05) is 24.3 Å². The molecule has 0 saturated heterocycles. The summed E-state index contributed by atoms with van der Waals surface area (Å²) in [6, 6.07) is 11.7. The van der Waals surface area contributed by atoms with Crippen molar-refractivity contribution >= 4 is 27.2 Å². The number of ketones is 1. The molecule has 0 heterocycles. The minimum absolute atomic E-state index is 0.0445. The molecule has 2 aromatic carbocycles. The highest BCUT2D eigenvalue weighted by atomic mass is 32.2. The Kier molecular flexibility index (Phi) is 5.84. The number of hydrogen-bond acceptors (Lipinski definition) is 6. The summed E-state index contributed by atoms with van der Waals surface area (Å²) in [5.74, 6) is -0.148. The van der Waals surface area contributed by atoms with Crippen LogP contribution in [0.2, 0.25) is 0 Å². The lowest BCUT2D eigenvalue weighted by molar-refractivity contribution is -0.384. The van der Waals surface area contributed by atoms with E-state index in [0.717, 1.165) is 0 Å². The molecule has 0 fully saturated rings. The number of sulfonamides is 1. The van der Waals surface area contributed by atoms with Crippen molar-refractivity contribution in [3.8, 4) is 0 Å². The van der Waals surface area contributed by atoms with Gasteiger partial charge >= 0.3 is 0 Å². The van der Waals surface area contributed by atoms with Gasteiger partial charge in [-0.2, -0.15) is 0 Å². The molecule has 0 amide bonds. The minimum Gasteiger partial charge on any atom is -0.378 e. The molecule has 0 atom stereocenters. The first-order valence-corrected chi connectivity index (χ1v) is 8.87. The molecule has 2 N–H and O–H groups in total. The average molecular weight is 363 g/mol. The van der Waals surface area contributed by atoms with Crippen molar-refractivity contribution in [1.29, 1.82) is 0 Å². The second-order valence-corrected chi connectivity index (χ2v) is 6.95. The minimum atomic E-state index is -3.72. The molecule has 2 aromatic rings. The highest BCUT2D eigenvalue weighted by molar-refractivity contribution is 7.89. The molecular weight excluding hydrogens is 346 g/mol. The van der Waals surface area contributed by atoms with Gasteiger partial charge < -0.3 is 5.32 Å². The summed E-state index contributed by atoms with van der Waals surface area (Å²) in [4.78, 5) is 21.6. The van der Waals surface area contributed by atoms with Gasteiger partial charge in [0.25, 0.3) is 5.69 Å². The van der Waals surface area contributed by atoms with Crippen LogP contribution in [0.25, 0.3) is 0 Å². The molecule has 0 aromatic heterocycles. The number of para-hydroxylation sites is 2. The van der Waals surface area contributed by atoms with Gasteiger partial charge in [0.1, 0.15) is 5.69 Å². The van der Waals surface area contributed by atoms with Crippen LogP contribution in [0.5, 0.6) is 0 Å². The van der Waals surface area contributed by atoms with Crippen molar-refractivity contribution in [2.24, 2.45) is 0 Å². The van der Waals surface area contributed by atoms with E-state index < -0.39 is 14.9 Å². The monoisotopic (exact) mass is 363 g/mol. The number of benzene rings is 2. The number of nitrogens with zero attached hydrogens (tertiary/aromatic N) is 1. The van der Waals surface area contributed by atoms with E-state index in [1.807, 2.05) is 0 Å². The zero-order valence-electron chi connectivity index (χ0n) is 13.4. The van der Waals surface area contributed by atoms with Crippen LogP contribution < -0.4 is 10.0 Å². The Bertz CT molecular complexity index is 879. The van der Waals surface area contributed by atoms with Gasteiger partial charge in [0.2, 0.25) is 10.0 Å². The van der Waals surface area contributed by atoms with Gasteiger partial charge in [0.15, 0.2) is 5.78 Å². The molecule has 0 aliphatic carbocycles. The smallest absolute Gasteiger partial charge is 0.292 e. The molecule has 0 bridgehead atoms. The van der Waals surface area contributed by atoms with Crippen molar-refractivity contribution in [1.82, 2.24) is 4.72 Å². The second-order valence-electron chi connectivity index (χ2n) is 5.18. The number of carbonyl (C=O) groups excluding carboxylic acids is 1.